The molecule has 0 saturated heterocycles. The number of aryl methyl sites for hydroxylation is 2. The van der Waals surface area contributed by atoms with Gasteiger partial charge >= 0.3 is 0 Å². The highest BCUT2D eigenvalue weighted by Gasteiger charge is 2.28. The monoisotopic (exact) mass is 304 g/mol. The minimum Gasteiger partial charge on any atom is -0.507 e. The van der Waals surface area contributed by atoms with Gasteiger partial charge in [-0.15, -0.1) is 0 Å². The van der Waals surface area contributed by atoms with Crippen LogP contribution in [0.1, 0.15) is 40.9 Å². The number of hydrogen-bond donors (Lipinski definition) is 2. The van der Waals surface area contributed by atoms with Gasteiger partial charge in [-0.2, -0.15) is 0 Å². The fourth-order valence-electron chi connectivity index (χ4n) is 2.80. The van der Waals surface area contributed by atoms with Crippen molar-refractivity contribution >= 4 is 11.6 Å². The Hall–Kier alpha value is -1.71. The van der Waals surface area contributed by atoms with E-state index in [1.807, 2.05) is 26.0 Å². The largest absolute Gasteiger partial charge is 0.507 e. The number of phenolic OH excluding ortho intramolecular Hbond substituents is 1. The third-order valence-electron chi connectivity index (χ3n) is 3.92. The normalized spacial score (nSPS) is 20.8. The Labute approximate surface area is 128 Å². The Kier molecular flexibility index (Phi) is 3.56. The van der Waals surface area contributed by atoms with Gasteiger partial charge in [-0.05, 0) is 60.9 Å². The van der Waals surface area contributed by atoms with E-state index in [0.717, 1.165) is 22.3 Å². The van der Waals surface area contributed by atoms with Crippen LogP contribution in [0.2, 0.25) is 5.02 Å². The second-order valence-electron chi connectivity index (χ2n) is 5.54. The third-order valence-corrected chi connectivity index (χ3v) is 4.16. The summed E-state index contributed by atoms with van der Waals surface area (Å²) in [6, 6.07) is 9.09. The lowest BCUT2D eigenvalue weighted by atomic mass is 9.93. The van der Waals surface area contributed by atoms with Gasteiger partial charge < -0.3 is 14.9 Å². The van der Waals surface area contributed by atoms with Crippen LogP contribution in [0.25, 0.3) is 0 Å². The number of aliphatic hydroxyl groups is 1. The SMILES string of the molecule is Cc1cc(C2C[C@H](O)c3cc(Cl)ccc3O2)cc(C)c1O. The number of aliphatic hydroxyl groups excluding tert-OH is 1. The Balaban J connectivity index is 1.98. The van der Waals surface area contributed by atoms with Crippen molar-refractivity contribution in [2.45, 2.75) is 32.5 Å². The van der Waals surface area contributed by atoms with Crippen molar-refractivity contribution in [3.05, 3.63) is 57.6 Å². The van der Waals surface area contributed by atoms with Crippen molar-refractivity contribution < 1.29 is 14.9 Å². The summed E-state index contributed by atoms with van der Waals surface area (Å²) in [6.07, 6.45) is -0.365. The van der Waals surface area contributed by atoms with E-state index in [0.29, 0.717) is 22.9 Å². The fraction of sp³-hybridized carbons (Fsp3) is 0.294. The quantitative estimate of drug-likeness (QED) is 0.829. The molecule has 0 amide bonds. The molecule has 21 heavy (non-hydrogen) atoms. The van der Waals surface area contributed by atoms with E-state index in [2.05, 4.69) is 0 Å². The predicted octanol–water partition coefficient (Wildman–Crippen LogP) is 4.22. The van der Waals surface area contributed by atoms with E-state index in [-0.39, 0.29) is 6.10 Å². The van der Waals surface area contributed by atoms with E-state index >= 15 is 0 Å². The number of phenols is 1. The van der Waals surface area contributed by atoms with E-state index in [4.69, 9.17) is 16.3 Å². The van der Waals surface area contributed by atoms with Crippen LogP contribution >= 0.6 is 11.6 Å². The minimum atomic E-state index is -0.605. The first-order valence-electron chi connectivity index (χ1n) is 6.90. The zero-order chi connectivity index (χ0) is 15.1. The highest BCUT2D eigenvalue weighted by atomic mass is 35.5. The number of halogens is 1. The summed E-state index contributed by atoms with van der Waals surface area (Å²) in [7, 11) is 0. The number of fused-ring (bicyclic) bond motifs is 1. The number of aromatic hydroxyl groups is 1. The molecule has 1 aliphatic heterocycles. The molecule has 0 bridgehead atoms. The molecule has 2 atom stereocenters. The van der Waals surface area contributed by atoms with Gasteiger partial charge in [0.2, 0.25) is 0 Å². The van der Waals surface area contributed by atoms with Crippen molar-refractivity contribution in [3.63, 3.8) is 0 Å². The van der Waals surface area contributed by atoms with Crippen molar-refractivity contribution in [1.29, 1.82) is 0 Å². The van der Waals surface area contributed by atoms with Crippen LogP contribution in [0.4, 0.5) is 0 Å². The first kappa shape index (κ1) is 14.2. The Morgan fingerprint density at radius 2 is 1.81 bits per heavy atom. The van der Waals surface area contributed by atoms with Crippen molar-refractivity contribution in [2.75, 3.05) is 0 Å². The average Bonchev–Trinajstić information content (AvgIpc) is 2.44. The average molecular weight is 305 g/mol. The van der Waals surface area contributed by atoms with E-state index < -0.39 is 6.10 Å². The van der Waals surface area contributed by atoms with Crippen LogP contribution < -0.4 is 4.74 Å². The third kappa shape index (κ3) is 2.59. The van der Waals surface area contributed by atoms with Crippen LogP contribution in [0.3, 0.4) is 0 Å². The summed E-state index contributed by atoms with van der Waals surface area (Å²) < 4.78 is 5.99. The molecular formula is C17H17ClO3. The molecule has 0 fully saturated rings. The molecule has 1 unspecified atom stereocenters. The smallest absolute Gasteiger partial charge is 0.127 e. The minimum absolute atomic E-state index is 0.230. The predicted molar refractivity (Wildman–Crippen MR) is 82.0 cm³/mol. The summed E-state index contributed by atoms with van der Waals surface area (Å²) in [4.78, 5) is 0. The molecule has 2 N–H and O–H groups in total. The number of rotatable bonds is 1. The number of benzene rings is 2. The van der Waals surface area contributed by atoms with E-state index in [1.165, 1.54) is 0 Å². The van der Waals surface area contributed by atoms with Crippen LogP contribution in [0.5, 0.6) is 11.5 Å². The topological polar surface area (TPSA) is 49.7 Å². The lowest BCUT2D eigenvalue weighted by Gasteiger charge is -2.30. The summed E-state index contributed by atoms with van der Waals surface area (Å²) in [5.41, 5.74) is 3.31. The zero-order valence-corrected chi connectivity index (χ0v) is 12.7. The summed E-state index contributed by atoms with van der Waals surface area (Å²) in [6.45, 7) is 3.72. The second kappa shape index (κ2) is 5.24. The Morgan fingerprint density at radius 1 is 1.14 bits per heavy atom. The maximum absolute atomic E-state index is 10.3. The highest BCUT2D eigenvalue weighted by molar-refractivity contribution is 6.30. The van der Waals surface area contributed by atoms with Gasteiger partial charge in [-0.3, -0.25) is 0 Å². The molecule has 0 aliphatic carbocycles. The van der Waals surface area contributed by atoms with Crippen molar-refractivity contribution in [3.8, 4) is 11.5 Å². The zero-order valence-electron chi connectivity index (χ0n) is 11.9. The molecule has 3 rings (SSSR count). The molecule has 0 aromatic heterocycles. The number of hydrogen-bond acceptors (Lipinski definition) is 3. The Morgan fingerprint density at radius 3 is 2.48 bits per heavy atom. The molecule has 4 heteroatoms. The molecule has 0 saturated carbocycles. The van der Waals surface area contributed by atoms with Crippen LogP contribution in [0, 0.1) is 13.8 Å². The van der Waals surface area contributed by atoms with Gasteiger partial charge in [0.1, 0.15) is 17.6 Å². The first-order valence-corrected chi connectivity index (χ1v) is 7.28. The van der Waals surface area contributed by atoms with Gasteiger partial charge in [0.25, 0.3) is 0 Å². The van der Waals surface area contributed by atoms with E-state index in [1.54, 1.807) is 18.2 Å². The lowest BCUT2D eigenvalue weighted by Crippen LogP contribution is -2.19. The summed E-state index contributed by atoms with van der Waals surface area (Å²) >= 11 is 5.96. The molecule has 2 aromatic carbocycles. The molecule has 2 aromatic rings. The van der Waals surface area contributed by atoms with E-state index in [9.17, 15) is 10.2 Å². The van der Waals surface area contributed by atoms with Gasteiger partial charge in [-0.1, -0.05) is 11.6 Å². The van der Waals surface area contributed by atoms with Crippen LogP contribution in [-0.2, 0) is 0 Å². The molecule has 1 aliphatic rings. The van der Waals surface area contributed by atoms with Crippen molar-refractivity contribution in [1.82, 2.24) is 0 Å². The fourth-order valence-corrected chi connectivity index (χ4v) is 2.98. The van der Waals surface area contributed by atoms with Crippen molar-refractivity contribution in [2.24, 2.45) is 0 Å². The molecular weight excluding hydrogens is 288 g/mol. The van der Waals surface area contributed by atoms with Gasteiger partial charge in [0, 0.05) is 17.0 Å². The standard InChI is InChI=1S/C17H17ClO3/c1-9-5-11(6-10(2)17(9)20)16-8-14(19)13-7-12(18)3-4-15(13)21-16/h3-7,14,16,19-20H,8H2,1-2H3/t14-,16?/m0/s1. The molecule has 0 spiro atoms. The summed E-state index contributed by atoms with van der Waals surface area (Å²) in [5.74, 6) is 0.967. The van der Waals surface area contributed by atoms with Gasteiger partial charge in [0.05, 0.1) is 6.10 Å². The number of ether oxygens (including phenoxy) is 1. The lowest BCUT2D eigenvalue weighted by molar-refractivity contribution is 0.0657. The molecule has 110 valence electrons. The second-order valence-corrected chi connectivity index (χ2v) is 5.98. The maximum Gasteiger partial charge on any atom is 0.127 e. The molecule has 0 radical (unpaired) electrons. The summed E-state index contributed by atoms with van der Waals surface area (Å²) in [5, 5.41) is 20.8. The highest BCUT2D eigenvalue weighted by Crippen LogP contribution is 2.42. The van der Waals surface area contributed by atoms with Gasteiger partial charge in [-0.25, -0.2) is 0 Å². The van der Waals surface area contributed by atoms with Crippen LogP contribution in [0.15, 0.2) is 30.3 Å². The molecule has 3 nitrogen and oxygen atoms in total. The van der Waals surface area contributed by atoms with Crippen LogP contribution in [-0.4, -0.2) is 10.2 Å². The first-order chi connectivity index (χ1) is 9.95. The Bertz CT molecular complexity index is 673. The maximum atomic E-state index is 10.3. The molecule has 1 heterocycles. The van der Waals surface area contributed by atoms with Gasteiger partial charge in [0.15, 0.2) is 0 Å².